The molecule has 0 saturated heterocycles. The van der Waals surface area contributed by atoms with Crippen LogP contribution in [0.1, 0.15) is 22.9 Å². The van der Waals surface area contributed by atoms with E-state index >= 15 is 0 Å². The molecule has 1 aliphatic heterocycles. The van der Waals surface area contributed by atoms with Gasteiger partial charge in [-0.15, -0.1) is 11.3 Å². The Hall–Kier alpha value is -1.67. The first-order valence-electron chi connectivity index (χ1n) is 4.94. The lowest BCUT2D eigenvalue weighted by molar-refractivity contribution is -0.129. The fourth-order valence-electron chi connectivity index (χ4n) is 1.88. The van der Waals surface area contributed by atoms with Gasteiger partial charge in [-0.3, -0.25) is 9.79 Å². The van der Waals surface area contributed by atoms with Crippen LogP contribution in [0, 0.1) is 11.3 Å². The molecule has 1 aromatic heterocycles. The maximum Gasteiger partial charge on any atom is 0.219 e. The molecule has 4 nitrogen and oxygen atoms in total. The van der Waals surface area contributed by atoms with E-state index in [2.05, 4.69) is 17.8 Å². The molecule has 0 saturated carbocycles. The lowest BCUT2D eigenvalue weighted by Crippen LogP contribution is -2.33. The first-order valence-corrected chi connectivity index (χ1v) is 5.76. The number of aliphatic imine (C=N–C) groups is 1. The Labute approximate surface area is 97.8 Å². The Bertz CT molecular complexity index is 498. The van der Waals surface area contributed by atoms with E-state index in [1.165, 1.54) is 11.3 Å². The van der Waals surface area contributed by atoms with Gasteiger partial charge in [0.1, 0.15) is 11.1 Å². The molecule has 0 spiro atoms. The number of carbonyl (C=O) groups excluding carboxylic acids is 1. The molecule has 0 unspecified atom stereocenters. The quantitative estimate of drug-likeness (QED) is 0.695. The molecule has 2 rings (SSSR count). The summed E-state index contributed by atoms with van der Waals surface area (Å²) in [5, 5.41) is 9.74. The summed E-state index contributed by atoms with van der Waals surface area (Å²) in [6.45, 7) is 6.31. The number of hydrogen-bond acceptors (Lipinski definition) is 4. The molecule has 0 atom stereocenters. The molecule has 0 radical (unpaired) electrons. The van der Waals surface area contributed by atoms with E-state index in [0.29, 0.717) is 23.7 Å². The number of carbonyl (C=O) groups is 1. The minimum atomic E-state index is 0.0747. The summed E-state index contributed by atoms with van der Waals surface area (Å²) in [5.74, 6) is 0.0747. The fourth-order valence-corrected chi connectivity index (χ4v) is 3.00. The van der Waals surface area contributed by atoms with Crippen LogP contribution in [0.25, 0.3) is 0 Å². The second kappa shape index (κ2) is 4.06. The van der Waals surface area contributed by atoms with Gasteiger partial charge in [-0.2, -0.15) is 5.26 Å². The van der Waals surface area contributed by atoms with Crippen LogP contribution < -0.4 is 0 Å². The largest absolute Gasteiger partial charge is 0.337 e. The van der Waals surface area contributed by atoms with Crippen molar-refractivity contribution in [2.24, 2.45) is 4.99 Å². The fraction of sp³-hybridized carbons (Fsp3) is 0.364. The van der Waals surface area contributed by atoms with E-state index in [9.17, 15) is 4.79 Å². The van der Waals surface area contributed by atoms with Crippen molar-refractivity contribution in [1.29, 1.82) is 5.26 Å². The molecule has 16 heavy (non-hydrogen) atoms. The van der Waals surface area contributed by atoms with Gasteiger partial charge in [-0.05, 0) is 18.7 Å². The lowest BCUT2D eigenvalue weighted by Gasteiger charge is -2.25. The zero-order chi connectivity index (χ0) is 11.7. The molecule has 0 aliphatic carbocycles. The second-order valence-electron chi connectivity index (χ2n) is 3.64. The zero-order valence-corrected chi connectivity index (χ0v) is 9.80. The molecule has 82 valence electrons. The van der Waals surface area contributed by atoms with Gasteiger partial charge in [0, 0.05) is 18.3 Å². The summed E-state index contributed by atoms with van der Waals surface area (Å²) < 4.78 is 0. The molecule has 1 aliphatic rings. The number of amides is 1. The Kier molecular flexibility index (Phi) is 2.75. The summed E-state index contributed by atoms with van der Waals surface area (Å²) in [5.41, 5.74) is 1.69. The first kappa shape index (κ1) is 10.8. The molecule has 0 aromatic carbocycles. The normalized spacial score (nSPS) is 14.1. The number of rotatable bonds is 1. The van der Waals surface area contributed by atoms with Crippen LogP contribution in [0.3, 0.4) is 0 Å². The summed E-state index contributed by atoms with van der Waals surface area (Å²) in [6, 6.07) is 2.17. The van der Waals surface area contributed by atoms with Crippen molar-refractivity contribution in [2.75, 3.05) is 6.54 Å². The van der Waals surface area contributed by atoms with Crippen molar-refractivity contribution in [3.8, 4) is 6.07 Å². The highest BCUT2D eigenvalue weighted by molar-refractivity contribution is 7.16. The van der Waals surface area contributed by atoms with Crippen molar-refractivity contribution >= 4 is 29.0 Å². The molecule has 0 bridgehead atoms. The molecule has 1 aromatic rings. The third-order valence-corrected chi connectivity index (χ3v) is 3.89. The number of thiophene rings is 1. The molecule has 0 fully saturated rings. The average Bonchev–Trinajstić information content (AvgIpc) is 2.65. The van der Waals surface area contributed by atoms with E-state index in [1.807, 2.05) is 0 Å². The van der Waals surface area contributed by atoms with E-state index in [4.69, 9.17) is 5.26 Å². The van der Waals surface area contributed by atoms with E-state index in [1.54, 1.807) is 11.8 Å². The third-order valence-electron chi connectivity index (χ3n) is 2.74. The van der Waals surface area contributed by atoms with Gasteiger partial charge in [0.25, 0.3) is 0 Å². The molecular weight excluding hydrogens is 222 g/mol. The predicted molar refractivity (Wildman–Crippen MR) is 63.0 cm³/mol. The van der Waals surface area contributed by atoms with Gasteiger partial charge in [0.05, 0.1) is 12.1 Å². The Morgan fingerprint density at radius 2 is 2.44 bits per heavy atom. The zero-order valence-electron chi connectivity index (χ0n) is 8.99. The van der Waals surface area contributed by atoms with Crippen LogP contribution in [-0.4, -0.2) is 24.1 Å². The Morgan fingerprint density at radius 3 is 3.00 bits per heavy atom. The predicted octanol–water partition coefficient (Wildman–Crippen LogP) is 1.86. The highest BCUT2D eigenvalue weighted by atomic mass is 32.1. The summed E-state index contributed by atoms with van der Waals surface area (Å²) in [4.78, 5) is 18.0. The van der Waals surface area contributed by atoms with Gasteiger partial charge in [-0.1, -0.05) is 0 Å². The van der Waals surface area contributed by atoms with Crippen LogP contribution in [-0.2, 0) is 17.8 Å². The van der Waals surface area contributed by atoms with Gasteiger partial charge >= 0.3 is 0 Å². The summed E-state index contributed by atoms with van der Waals surface area (Å²) >= 11 is 1.46. The Balaban J connectivity index is 2.42. The number of hydrogen-bond donors (Lipinski definition) is 0. The molecule has 5 heteroatoms. The smallest absolute Gasteiger partial charge is 0.219 e. The summed E-state index contributed by atoms with van der Waals surface area (Å²) in [6.07, 6.45) is 0.740. The first-order chi connectivity index (χ1) is 7.67. The SMILES string of the molecule is C=Nc1sc2c(c1C#N)CCN(C(C)=O)C2. The van der Waals surface area contributed by atoms with Crippen LogP contribution in [0.5, 0.6) is 0 Å². The van der Waals surface area contributed by atoms with Crippen molar-refractivity contribution in [3.63, 3.8) is 0 Å². The van der Waals surface area contributed by atoms with Crippen LogP contribution in [0.4, 0.5) is 5.00 Å². The minimum absolute atomic E-state index is 0.0747. The highest BCUT2D eigenvalue weighted by Crippen LogP contribution is 2.37. The lowest BCUT2D eigenvalue weighted by atomic mass is 10.0. The number of nitriles is 1. The van der Waals surface area contributed by atoms with Gasteiger partial charge in [0.15, 0.2) is 0 Å². The van der Waals surface area contributed by atoms with Gasteiger partial charge in [-0.25, -0.2) is 0 Å². The molecule has 0 N–H and O–H groups in total. The van der Waals surface area contributed by atoms with E-state index in [-0.39, 0.29) is 5.91 Å². The molecular formula is C11H11N3OS. The minimum Gasteiger partial charge on any atom is -0.337 e. The van der Waals surface area contributed by atoms with Crippen LogP contribution in [0.15, 0.2) is 4.99 Å². The van der Waals surface area contributed by atoms with Crippen molar-refractivity contribution in [1.82, 2.24) is 4.90 Å². The molecule has 1 amide bonds. The number of nitrogens with zero attached hydrogens (tertiary/aromatic N) is 3. The highest BCUT2D eigenvalue weighted by Gasteiger charge is 2.24. The van der Waals surface area contributed by atoms with Crippen molar-refractivity contribution in [2.45, 2.75) is 19.9 Å². The summed E-state index contributed by atoms with van der Waals surface area (Å²) in [7, 11) is 0. The van der Waals surface area contributed by atoms with Gasteiger partial charge < -0.3 is 4.90 Å². The van der Waals surface area contributed by atoms with Crippen molar-refractivity contribution in [3.05, 3.63) is 16.0 Å². The van der Waals surface area contributed by atoms with E-state index < -0.39 is 0 Å². The maximum absolute atomic E-state index is 11.3. The number of fused-ring (bicyclic) bond motifs is 1. The monoisotopic (exact) mass is 233 g/mol. The Morgan fingerprint density at radius 1 is 1.69 bits per heavy atom. The standard InChI is InChI=1S/C11H11N3OS/c1-7(15)14-4-3-8-9(5-12)11(13-2)16-10(8)6-14/h2-4,6H2,1H3. The molecule has 2 heterocycles. The maximum atomic E-state index is 11.3. The average molecular weight is 233 g/mol. The van der Waals surface area contributed by atoms with Crippen molar-refractivity contribution < 1.29 is 4.79 Å². The van der Waals surface area contributed by atoms with Crippen LogP contribution >= 0.6 is 11.3 Å². The van der Waals surface area contributed by atoms with Gasteiger partial charge in [0.2, 0.25) is 5.91 Å². The second-order valence-corrected chi connectivity index (χ2v) is 4.73. The topological polar surface area (TPSA) is 56.5 Å². The third kappa shape index (κ3) is 1.61. The van der Waals surface area contributed by atoms with Crippen LogP contribution in [0.2, 0.25) is 0 Å². The van der Waals surface area contributed by atoms with E-state index in [0.717, 1.165) is 16.9 Å².